The number of fused-ring (bicyclic) bond motifs is 4. The number of rotatable bonds is 1. The number of aliphatic hydroxyl groups excluding tert-OH is 1. The quantitative estimate of drug-likeness (QED) is 0.810. The van der Waals surface area contributed by atoms with Crippen molar-refractivity contribution in [3.8, 4) is 0 Å². The number of carbonyl (C=O) groups is 2. The summed E-state index contributed by atoms with van der Waals surface area (Å²) >= 11 is 0. The molecule has 0 bridgehead atoms. The Hall–Kier alpha value is -1.22. The van der Waals surface area contributed by atoms with Gasteiger partial charge in [-0.15, -0.1) is 0 Å². The van der Waals surface area contributed by atoms with Crippen LogP contribution in [0.5, 0.6) is 0 Å². The van der Waals surface area contributed by atoms with Gasteiger partial charge in [-0.2, -0.15) is 0 Å². The van der Waals surface area contributed by atoms with Crippen LogP contribution in [0.4, 0.5) is 0 Å². The fourth-order valence-electron chi connectivity index (χ4n) is 5.77. The van der Waals surface area contributed by atoms with Gasteiger partial charge in [0.05, 0.1) is 0 Å². The van der Waals surface area contributed by atoms with Gasteiger partial charge in [0, 0.05) is 30.8 Å². The molecule has 0 saturated heterocycles. The number of hydrogen-bond donors (Lipinski definition) is 1. The molecule has 0 aromatic carbocycles. The van der Waals surface area contributed by atoms with Crippen molar-refractivity contribution in [3.05, 3.63) is 22.8 Å². The highest BCUT2D eigenvalue weighted by molar-refractivity contribution is 5.93. The molecular formula is C19H24O3. The Bertz CT molecular complexity index is 612. The highest BCUT2D eigenvalue weighted by Gasteiger charge is 2.56. The van der Waals surface area contributed by atoms with E-state index in [1.165, 1.54) is 16.7 Å². The van der Waals surface area contributed by atoms with E-state index < -0.39 is 0 Å². The molecule has 0 unspecified atom stereocenters. The van der Waals surface area contributed by atoms with Crippen LogP contribution in [0.3, 0.4) is 0 Å². The monoisotopic (exact) mass is 300 g/mol. The zero-order chi connectivity index (χ0) is 15.5. The highest BCUT2D eigenvalue weighted by atomic mass is 16.3. The molecule has 22 heavy (non-hydrogen) atoms. The summed E-state index contributed by atoms with van der Waals surface area (Å²) in [6.45, 7) is 2.26. The Kier molecular flexibility index (Phi) is 3.19. The molecule has 4 rings (SSSR count). The van der Waals surface area contributed by atoms with E-state index >= 15 is 0 Å². The van der Waals surface area contributed by atoms with Crippen molar-refractivity contribution in [2.45, 2.75) is 51.9 Å². The molecule has 2 fully saturated rings. The standard InChI is InChI=1S/C19H24O3/c1-19-9-12(10-20)18-14-5-3-13(21)8-11(14)2-4-15(18)16(19)6-7-17(19)22/h8,12,15-16,20H,2-7,9-10H2,1H3/t12-,15-,16-,19-/m0/s1. The van der Waals surface area contributed by atoms with E-state index in [2.05, 4.69) is 6.92 Å². The van der Waals surface area contributed by atoms with Crippen molar-refractivity contribution in [2.24, 2.45) is 23.2 Å². The van der Waals surface area contributed by atoms with Gasteiger partial charge in [0.25, 0.3) is 0 Å². The zero-order valence-electron chi connectivity index (χ0n) is 13.2. The third kappa shape index (κ3) is 1.84. The number of carbonyl (C=O) groups excluding carboxylic acids is 2. The number of hydrogen-bond acceptors (Lipinski definition) is 3. The van der Waals surface area contributed by atoms with Gasteiger partial charge in [-0.3, -0.25) is 9.59 Å². The van der Waals surface area contributed by atoms with Crippen LogP contribution in [-0.4, -0.2) is 23.3 Å². The molecule has 0 amide bonds. The predicted molar refractivity (Wildman–Crippen MR) is 83.1 cm³/mol. The lowest BCUT2D eigenvalue weighted by molar-refractivity contribution is -0.129. The zero-order valence-corrected chi connectivity index (χ0v) is 13.2. The van der Waals surface area contributed by atoms with E-state index in [1.807, 2.05) is 6.08 Å². The lowest BCUT2D eigenvalue weighted by Crippen LogP contribution is -2.45. The van der Waals surface area contributed by atoms with Crippen LogP contribution in [0.25, 0.3) is 0 Å². The molecule has 1 N–H and O–H groups in total. The van der Waals surface area contributed by atoms with E-state index in [4.69, 9.17) is 0 Å². The molecule has 3 heteroatoms. The van der Waals surface area contributed by atoms with Gasteiger partial charge in [-0.25, -0.2) is 0 Å². The number of Topliss-reactive ketones (excluding diaryl/α,β-unsaturated/α-hetero) is 1. The Morgan fingerprint density at radius 2 is 2.00 bits per heavy atom. The summed E-state index contributed by atoms with van der Waals surface area (Å²) in [5, 5.41) is 9.96. The molecule has 2 saturated carbocycles. The van der Waals surface area contributed by atoms with Gasteiger partial charge in [-0.1, -0.05) is 12.5 Å². The smallest absolute Gasteiger partial charge is 0.156 e. The minimum atomic E-state index is -0.228. The van der Waals surface area contributed by atoms with Gasteiger partial charge in [-0.05, 0) is 61.2 Å². The van der Waals surface area contributed by atoms with Gasteiger partial charge in [0.1, 0.15) is 5.78 Å². The highest BCUT2D eigenvalue weighted by Crippen LogP contribution is 2.60. The molecule has 3 nitrogen and oxygen atoms in total. The van der Waals surface area contributed by atoms with Gasteiger partial charge in [0.15, 0.2) is 5.78 Å². The Labute approximate surface area is 131 Å². The SMILES string of the molecule is C[C@]12C[C@@H](CO)C3=C4CCC(=O)C=C4CC[C@H]3[C@@H]1CCC2=O. The van der Waals surface area contributed by atoms with Crippen LogP contribution < -0.4 is 0 Å². The first kappa shape index (κ1) is 14.4. The predicted octanol–water partition coefficient (Wildman–Crippen LogP) is 2.98. The van der Waals surface area contributed by atoms with Crippen LogP contribution in [-0.2, 0) is 9.59 Å². The number of ketones is 2. The topological polar surface area (TPSA) is 54.4 Å². The van der Waals surface area contributed by atoms with E-state index in [9.17, 15) is 14.7 Å². The van der Waals surface area contributed by atoms with Crippen LogP contribution in [0.2, 0.25) is 0 Å². The summed E-state index contributed by atoms with van der Waals surface area (Å²) in [6, 6.07) is 0. The summed E-state index contributed by atoms with van der Waals surface area (Å²) in [6.07, 6.45) is 7.80. The molecule has 0 aromatic heterocycles. The Balaban J connectivity index is 1.83. The van der Waals surface area contributed by atoms with Crippen molar-refractivity contribution in [1.29, 1.82) is 0 Å². The van der Waals surface area contributed by atoms with E-state index in [-0.39, 0.29) is 23.7 Å². The summed E-state index contributed by atoms with van der Waals surface area (Å²) in [5.41, 5.74) is 3.75. The maximum atomic E-state index is 12.4. The molecule has 0 aromatic rings. The average Bonchev–Trinajstić information content (AvgIpc) is 2.81. The average molecular weight is 300 g/mol. The van der Waals surface area contributed by atoms with Crippen LogP contribution >= 0.6 is 0 Å². The fraction of sp³-hybridized carbons (Fsp3) is 0.684. The first-order chi connectivity index (χ1) is 10.5. The molecule has 0 spiro atoms. The van der Waals surface area contributed by atoms with E-state index in [0.717, 1.165) is 32.1 Å². The lowest BCUT2D eigenvalue weighted by atomic mass is 9.54. The first-order valence-corrected chi connectivity index (χ1v) is 8.65. The Morgan fingerprint density at radius 1 is 1.18 bits per heavy atom. The minimum Gasteiger partial charge on any atom is -0.396 e. The first-order valence-electron chi connectivity index (χ1n) is 8.65. The van der Waals surface area contributed by atoms with Crippen molar-refractivity contribution >= 4 is 11.6 Å². The second kappa shape index (κ2) is 4.89. The molecule has 4 atom stereocenters. The second-order valence-corrected chi connectivity index (χ2v) is 7.78. The molecule has 118 valence electrons. The van der Waals surface area contributed by atoms with Gasteiger partial charge < -0.3 is 5.11 Å². The van der Waals surface area contributed by atoms with E-state index in [0.29, 0.717) is 30.5 Å². The Morgan fingerprint density at radius 3 is 2.77 bits per heavy atom. The summed E-state index contributed by atoms with van der Waals surface area (Å²) < 4.78 is 0. The summed E-state index contributed by atoms with van der Waals surface area (Å²) in [4.78, 5) is 24.2. The fourth-order valence-corrected chi connectivity index (χ4v) is 5.77. The summed E-state index contributed by atoms with van der Waals surface area (Å²) in [5.74, 6) is 1.66. The van der Waals surface area contributed by atoms with E-state index in [1.54, 1.807) is 0 Å². The van der Waals surface area contributed by atoms with Crippen LogP contribution in [0, 0.1) is 23.2 Å². The molecule has 0 heterocycles. The second-order valence-electron chi connectivity index (χ2n) is 7.78. The molecule has 0 radical (unpaired) electrons. The number of allylic oxidation sites excluding steroid dienone is 3. The van der Waals surface area contributed by atoms with Crippen LogP contribution in [0.1, 0.15) is 51.9 Å². The maximum Gasteiger partial charge on any atom is 0.156 e. The third-order valence-corrected chi connectivity index (χ3v) is 6.77. The third-order valence-electron chi connectivity index (χ3n) is 6.77. The van der Waals surface area contributed by atoms with Gasteiger partial charge in [0.2, 0.25) is 0 Å². The molecule has 4 aliphatic rings. The van der Waals surface area contributed by atoms with Gasteiger partial charge >= 0.3 is 0 Å². The molecule has 4 aliphatic carbocycles. The molecular weight excluding hydrogens is 276 g/mol. The van der Waals surface area contributed by atoms with Crippen LogP contribution in [0.15, 0.2) is 22.8 Å². The minimum absolute atomic E-state index is 0.111. The van der Waals surface area contributed by atoms with Crippen molar-refractivity contribution in [1.82, 2.24) is 0 Å². The van der Waals surface area contributed by atoms with Crippen molar-refractivity contribution in [3.63, 3.8) is 0 Å². The maximum absolute atomic E-state index is 12.4. The van der Waals surface area contributed by atoms with Crippen molar-refractivity contribution in [2.75, 3.05) is 6.61 Å². The normalized spacial score (nSPS) is 41.0. The van der Waals surface area contributed by atoms with Crippen molar-refractivity contribution < 1.29 is 14.7 Å². The number of aliphatic hydroxyl groups is 1. The summed E-state index contributed by atoms with van der Waals surface area (Å²) in [7, 11) is 0. The lowest BCUT2D eigenvalue weighted by Gasteiger charge is -2.49. The largest absolute Gasteiger partial charge is 0.396 e. The molecule has 0 aliphatic heterocycles.